The highest BCUT2D eigenvalue weighted by molar-refractivity contribution is 14.2. The highest BCUT2D eigenvalue weighted by Gasteiger charge is 2.05. The van der Waals surface area contributed by atoms with Crippen molar-refractivity contribution >= 4 is 89.9 Å². The van der Waals surface area contributed by atoms with Crippen LogP contribution in [0.15, 0.2) is 42.5 Å². The zero-order valence-corrected chi connectivity index (χ0v) is 20.2. The van der Waals surface area contributed by atoms with E-state index < -0.39 is 11.6 Å². The first-order valence-corrected chi connectivity index (χ1v) is 11.6. The van der Waals surface area contributed by atoms with Crippen molar-refractivity contribution in [2.45, 2.75) is 22.2 Å². The summed E-state index contributed by atoms with van der Waals surface area (Å²) >= 11 is 11.6. The summed E-state index contributed by atoms with van der Waals surface area (Å²) in [4.78, 5) is 4.63. The third kappa shape index (κ3) is 8.42. The average molecular weight is 620 g/mol. The van der Waals surface area contributed by atoms with Crippen LogP contribution in [0.4, 0.5) is 0 Å². The minimum atomic E-state index is -0.750. The smallest absolute Gasteiger partial charge is 0.236 e. The van der Waals surface area contributed by atoms with E-state index in [-0.39, 0.29) is 0 Å². The fraction of sp³-hybridized carbons (Fsp3) is 0.235. The topological polar surface area (TPSA) is 47.0 Å². The number of nitrogens with zero attached hydrogens (tertiary/aromatic N) is 1. The van der Waals surface area contributed by atoms with E-state index in [1.165, 1.54) is 16.7 Å². The summed E-state index contributed by atoms with van der Waals surface area (Å²) in [6.07, 6.45) is 1.28. The molecule has 2 aromatic carbocycles. The molecule has 0 unspecified atom stereocenters. The number of hydrogen-bond acceptors (Lipinski definition) is 4. The number of thiazole rings is 1. The van der Waals surface area contributed by atoms with Gasteiger partial charge in [0.2, 0.25) is 0 Å². The molecule has 1 aromatic heterocycles. The number of alkyl halides is 2. The van der Waals surface area contributed by atoms with E-state index in [4.69, 9.17) is 20.0 Å². The molecule has 0 amide bonds. The zero-order chi connectivity index (χ0) is 18.8. The standard InChI is InChI=1S/C14H10ClNS.C3H6I2.O2S/c1-9-2-7-12-13(8-9)17-14(16-12)10-3-5-11(15)6-4-10;1-2-3(4)5;1-3-2/h2-8H,1H3;3H,2H2,1H3;. The summed E-state index contributed by atoms with van der Waals surface area (Å²) in [5.74, 6) is 0. The van der Waals surface area contributed by atoms with E-state index >= 15 is 0 Å². The molecule has 0 N–H and O–H groups in total. The average Bonchev–Trinajstić information content (AvgIpc) is 2.99. The number of aryl methyl sites for hydroxylation is 1. The Balaban J connectivity index is 0.000000333. The van der Waals surface area contributed by atoms with Crippen LogP contribution in [-0.4, -0.2) is 15.3 Å². The monoisotopic (exact) mass is 619 g/mol. The maximum atomic E-state index is 8.29. The predicted molar refractivity (Wildman–Crippen MR) is 126 cm³/mol. The van der Waals surface area contributed by atoms with Crippen LogP contribution in [0.2, 0.25) is 5.02 Å². The SMILES string of the molecule is CCC(I)I.Cc1ccc2nc(-c3ccc(Cl)cc3)sc2c1.O=S=O. The maximum absolute atomic E-state index is 8.29. The lowest BCUT2D eigenvalue weighted by Gasteiger charge is -1.94. The molecule has 0 fully saturated rings. The van der Waals surface area contributed by atoms with E-state index in [2.05, 4.69) is 82.2 Å². The highest BCUT2D eigenvalue weighted by atomic mass is 127. The molecule has 0 spiro atoms. The van der Waals surface area contributed by atoms with Crippen LogP contribution >= 0.6 is 68.1 Å². The van der Waals surface area contributed by atoms with Crippen LogP contribution in [0.25, 0.3) is 20.8 Å². The molecule has 0 atom stereocenters. The normalized spacial score (nSPS) is 9.84. The third-order valence-electron chi connectivity index (χ3n) is 2.94. The Hall–Kier alpha value is -0.1000. The first-order chi connectivity index (χ1) is 11.9. The number of halogens is 3. The second kappa shape index (κ2) is 12.3. The van der Waals surface area contributed by atoms with Gasteiger partial charge in [-0.05, 0) is 43.2 Å². The van der Waals surface area contributed by atoms with Gasteiger partial charge in [0.15, 0.2) is 0 Å². The van der Waals surface area contributed by atoms with Crippen LogP contribution in [0.3, 0.4) is 0 Å². The largest absolute Gasteiger partial charge is 0.335 e. The summed E-state index contributed by atoms with van der Waals surface area (Å²) in [5, 5.41) is 1.80. The van der Waals surface area contributed by atoms with Gasteiger partial charge < -0.3 is 0 Å². The van der Waals surface area contributed by atoms with Gasteiger partial charge in [-0.3, -0.25) is 0 Å². The Morgan fingerprint density at radius 3 is 2.24 bits per heavy atom. The van der Waals surface area contributed by atoms with E-state index in [1.54, 1.807) is 11.3 Å². The lowest BCUT2D eigenvalue weighted by molar-refractivity contribution is 0.630. The molecule has 0 saturated heterocycles. The fourth-order valence-electron chi connectivity index (χ4n) is 1.75. The molecule has 0 bridgehead atoms. The maximum Gasteiger partial charge on any atom is 0.335 e. The van der Waals surface area contributed by atoms with Gasteiger partial charge >= 0.3 is 11.6 Å². The van der Waals surface area contributed by atoms with E-state index in [1.807, 2.05) is 24.3 Å². The van der Waals surface area contributed by atoms with Gasteiger partial charge in [0, 0.05) is 10.6 Å². The van der Waals surface area contributed by atoms with Crippen LogP contribution < -0.4 is 0 Å². The number of fused-ring (bicyclic) bond motifs is 1. The van der Waals surface area contributed by atoms with Crippen molar-refractivity contribution < 1.29 is 8.42 Å². The first-order valence-electron chi connectivity index (χ1n) is 7.24. The van der Waals surface area contributed by atoms with E-state index in [9.17, 15) is 0 Å². The number of benzene rings is 2. The Morgan fingerprint density at radius 2 is 1.72 bits per heavy atom. The minimum absolute atomic E-state index is 0.750. The Morgan fingerprint density at radius 1 is 1.16 bits per heavy atom. The molecule has 3 nitrogen and oxygen atoms in total. The highest BCUT2D eigenvalue weighted by Crippen LogP contribution is 2.31. The van der Waals surface area contributed by atoms with Gasteiger partial charge in [0.25, 0.3) is 0 Å². The minimum Gasteiger partial charge on any atom is -0.236 e. The summed E-state index contributed by atoms with van der Waals surface area (Å²) < 4.78 is 18.6. The third-order valence-corrected chi connectivity index (χ3v) is 6.02. The molecule has 0 radical (unpaired) electrons. The Labute approximate surface area is 187 Å². The molecule has 1 heterocycles. The van der Waals surface area contributed by atoms with Crippen molar-refractivity contribution in [3.63, 3.8) is 0 Å². The first kappa shape index (κ1) is 22.9. The lowest BCUT2D eigenvalue weighted by Crippen LogP contribution is -1.75. The van der Waals surface area contributed by atoms with Gasteiger partial charge in [-0.1, -0.05) is 81.9 Å². The second-order valence-electron chi connectivity index (χ2n) is 4.86. The van der Waals surface area contributed by atoms with Gasteiger partial charge in [0.05, 0.1) is 12.1 Å². The van der Waals surface area contributed by atoms with Gasteiger partial charge in [0.1, 0.15) is 5.01 Å². The van der Waals surface area contributed by atoms with Gasteiger partial charge in [-0.15, -0.1) is 11.3 Å². The molecule has 134 valence electrons. The zero-order valence-electron chi connectivity index (χ0n) is 13.5. The fourth-order valence-corrected chi connectivity index (χ4v) is 2.94. The summed E-state index contributed by atoms with van der Waals surface area (Å²) in [5.41, 5.74) is 3.45. The molecule has 0 aliphatic heterocycles. The lowest BCUT2D eigenvalue weighted by atomic mass is 10.2. The number of rotatable bonds is 2. The van der Waals surface area contributed by atoms with E-state index in [0.29, 0.717) is 0 Å². The molecular formula is C17H16ClI2NO2S2. The van der Waals surface area contributed by atoms with Gasteiger partial charge in [-0.2, -0.15) is 8.42 Å². The molecule has 8 heteroatoms. The van der Waals surface area contributed by atoms with Crippen molar-refractivity contribution in [1.29, 1.82) is 0 Å². The molecule has 3 aromatic rings. The number of hydrogen-bond donors (Lipinski definition) is 0. The Kier molecular flexibility index (Phi) is 11.3. The van der Waals surface area contributed by atoms with Crippen LogP contribution in [0.1, 0.15) is 18.9 Å². The molecule has 0 aliphatic carbocycles. The van der Waals surface area contributed by atoms with Crippen molar-refractivity contribution in [1.82, 2.24) is 4.98 Å². The molecule has 0 aliphatic rings. The van der Waals surface area contributed by atoms with E-state index in [0.717, 1.165) is 23.0 Å². The molecular weight excluding hydrogens is 604 g/mol. The van der Waals surface area contributed by atoms with Crippen LogP contribution in [0, 0.1) is 6.92 Å². The predicted octanol–water partition coefficient (Wildman–Crippen LogP) is 6.85. The quantitative estimate of drug-likeness (QED) is 0.233. The second-order valence-corrected chi connectivity index (χ2v) is 11.9. The van der Waals surface area contributed by atoms with Crippen molar-refractivity contribution in [2.75, 3.05) is 0 Å². The van der Waals surface area contributed by atoms with Crippen molar-refractivity contribution in [3.8, 4) is 10.6 Å². The van der Waals surface area contributed by atoms with Crippen LogP contribution in [-0.2, 0) is 11.6 Å². The molecule has 3 rings (SSSR count). The summed E-state index contributed by atoms with van der Waals surface area (Å²) in [7, 11) is 0. The van der Waals surface area contributed by atoms with Crippen molar-refractivity contribution in [3.05, 3.63) is 53.1 Å². The molecule has 0 saturated carbocycles. The van der Waals surface area contributed by atoms with Crippen molar-refractivity contribution in [2.24, 2.45) is 0 Å². The van der Waals surface area contributed by atoms with Crippen LogP contribution in [0.5, 0.6) is 0 Å². The summed E-state index contributed by atoms with van der Waals surface area (Å²) in [6, 6.07) is 14.1. The number of aromatic nitrogens is 1. The Bertz CT molecular complexity index is 832. The van der Waals surface area contributed by atoms with Gasteiger partial charge in [-0.25, -0.2) is 4.98 Å². The molecule has 25 heavy (non-hydrogen) atoms. The summed E-state index contributed by atoms with van der Waals surface area (Å²) in [6.45, 7) is 4.28.